The van der Waals surface area contributed by atoms with Crippen molar-refractivity contribution in [2.75, 3.05) is 26.2 Å². The Morgan fingerprint density at radius 2 is 1.67 bits per heavy atom. The van der Waals surface area contributed by atoms with Crippen molar-refractivity contribution < 1.29 is 14.4 Å². The van der Waals surface area contributed by atoms with Crippen LogP contribution in [0.15, 0.2) is 24.3 Å². The zero-order valence-corrected chi connectivity index (χ0v) is 18.6. The maximum atomic E-state index is 12.5. The molecule has 1 saturated heterocycles. The molecule has 0 radical (unpaired) electrons. The van der Waals surface area contributed by atoms with Crippen molar-refractivity contribution in [1.82, 2.24) is 15.1 Å². The summed E-state index contributed by atoms with van der Waals surface area (Å²) in [4.78, 5) is 41.1. The molecule has 0 aliphatic carbocycles. The van der Waals surface area contributed by atoms with Gasteiger partial charge in [0.15, 0.2) is 0 Å². The van der Waals surface area contributed by atoms with Crippen LogP contribution < -0.4 is 5.32 Å². The van der Waals surface area contributed by atoms with E-state index in [0.29, 0.717) is 51.9 Å². The normalized spacial score (nSPS) is 17.4. The molecule has 0 unspecified atom stereocenters. The van der Waals surface area contributed by atoms with Crippen LogP contribution in [0.1, 0.15) is 57.6 Å². The number of hydrogen-bond donors (Lipinski definition) is 1. The summed E-state index contributed by atoms with van der Waals surface area (Å²) in [5.41, 5.74) is 2.20. The molecule has 1 N–H and O–H groups in total. The molecule has 6 nitrogen and oxygen atoms in total. The molecule has 0 aromatic heterocycles. The van der Waals surface area contributed by atoms with Gasteiger partial charge in [0.25, 0.3) is 0 Å². The molecular formula is C24H35N3O3. The number of likely N-dealkylation sites (tertiary alicyclic amines) is 1. The summed E-state index contributed by atoms with van der Waals surface area (Å²) in [6.07, 6.45) is 3.44. The van der Waals surface area contributed by atoms with Crippen LogP contribution in [0.4, 0.5) is 0 Å². The number of carbonyl (C=O) groups is 3. The molecule has 0 bridgehead atoms. The first-order valence-electron chi connectivity index (χ1n) is 11.2. The van der Waals surface area contributed by atoms with Gasteiger partial charge in [-0.3, -0.25) is 14.4 Å². The second kappa shape index (κ2) is 9.63. The average Bonchev–Trinajstić information content (AvgIpc) is 2.75. The minimum atomic E-state index is -0.377. The van der Waals surface area contributed by atoms with Gasteiger partial charge in [-0.25, -0.2) is 0 Å². The molecule has 1 fully saturated rings. The summed E-state index contributed by atoms with van der Waals surface area (Å²) in [6.45, 7) is 9.05. The highest BCUT2D eigenvalue weighted by atomic mass is 16.2. The van der Waals surface area contributed by atoms with E-state index in [9.17, 15) is 14.4 Å². The number of amides is 3. The Morgan fingerprint density at radius 3 is 2.33 bits per heavy atom. The highest BCUT2D eigenvalue weighted by molar-refractivity contribution is 5.83. The second-order valence-electron chi connectivity index (χ2n) is 9.55. The summed E-state index contributed by atoms with van der Waals surface area (Å²) < 4.78 is 0. The van der Waals surface area contributed by atoms with Gasteiger partial charge < -0.3 is 15.1 Å². The first kappa shape index (κ1) is 22.3. The van der Waals surface area contributed by atoms with Crippen molar-refractivity contribution in [1.29, 1.82) is 0 Å². The van der Waals surface area contributed by atoms with Gasteiger partial charge in [0, 0.05) is 50.5 Å². The summed E-state index contributed by atoms with van der Waals surface area (Å²) >= 11 is 0. The minimum Gasteiger partial charge on any atom is -0.356 e. The van der Waals surface area contributed by atoms with Crippen molar-refractivity contribution in [2.24, 2.45) is 11.3 Å². The van der Waals surface area contributed by atoms with Gasteiger partial charge in [-0.15, -0.1) is 0 Å². The van der Waals surface area contributed by atoms with Crippen LogP contribution >= 0.6 is 0 Å². The van der Waals surface area contributed by atoms with E-state index < -0.39 is 0 Å². The van der Waals surface area contributed by atoms with Gasteiger partial charge in [0.2, 0.25) is 17.7 Å². The predicted octanol–water partition coefficient (Wildman–Crippen LogP) is 2.75. The number of piperidine rings is 1. The average molecular weight is 414 g/mol. The van der Waals surface area contributed by atoms with Crippen molar-refractivity contribution in [3.05, 3.63) is 35.4 Å². The second-order valence-corrected chi connectivity index (χ2v) is 9.55. The van der Waals surface area contributed by atoms with Gasteiger partial charge in [-0.05, 0) is 36.8 Å². The number of benzene rings is 1. The van der Waals surface area contributed by atoms with E-state index in [1.165, 1.54) is 11.1 Å². The lowest BCUT2D eigenvalue weighted by Crippen LogP contribution is -2.46. The standard InChI is InChI=1S/C24H35N3O3/c1-24(2,3)23(30)26-14-11-19(12-15-26)22(29)25-13-6-9-21(28)27-16-10-18-7-4-5-8-20(18)17-27/h4-5,7-8,19H,6,9-17H2,1-3H3,(H,25,29). The summed E-state index contributed by atoms with van der Waals surface area (Å²) in [6, 6.07) is 8.29. The molecule has 30 heavy (non-hydrogen) atoms. The Morgan fingerprint density at radius 1 is 1.00 bits per heavy atom. The lowest BCUT2D eigenvalue weighted by Gasteiger charge is -2.35. The van der Waals surface area contributed by atoms with E-state index in [1.807, 2.05) is 42.7 Å². The van der Waals surface area contributed by atoms with Crippen LogP contribution in [0.2, 0.25) is 0 Å². The van der Waals surface area contributed by atoms with E-state index in [2.05, 4.69) is 17.4 Å². The van der Waals surface area contributed by atoms with Crippen molar-refractivity contribution in [3.8, 4) is 0 Å². The molecule has 0 atom stereocenters. The van der Waals surface area contributed by atoms with Crippen LogP contribution in [-0.2, 0) is 27.3 Å². The van der Waals surface area contributed by atoms with Crippen molar-refractivity contribution in [3.63, 3.8) is 0 Å². The van der Waals surface area contributed by atoms with Crippen LogP contribution in [0, 0.1) is 11.3 Å². The van der Waals surface area contributed by atoms with Gasteiger partial charge in [-0.2, -0.15) is 0 Å². The van der Waals surface area contributed by atoms with E-state index in [0.717, 1.165) is 13.0 Å². The molecule has 1 aromatic carbocycles. The zero-order valence-electron chi connectivity index (χ0n) is 18.6. The van der Waals surface area contributed by atoms with E-state index in [-0.39, 0.29) is 29.1 Å². The largest absolute Gasteiger partial charge is 0.356 e. The Balaban J connectivity index is 1.34. The molecule has 0 spiro atoms. The molecule has 1 aromatic rings. The molecule has 2 aliphatic heterocycles. The third-order valence-corrected chi connectivity index (χ3v) is 6.14. The monoisotopic (exact) mass is 413 g/mol. The quantitative estimate of drug-likeness (QED) is 0.755. The maximum absolute atomic E-state index is 12.5. The minimum absolute atomic E-state index is 0.0386. The van der Waals surface area contributed by atoms with Gasteiger partial charge in [0.05, 0.1) is 0 Å². The lowest BCUT2D eigenvalue weighted by atomic mass is 9.90. The van der Waals surface area contributed by atoms with Crippen LogP contribution in [0.25, 0.3) is 0 Å². The molecule has 6 heteroatoms. The van der Waals surface area contributed by atoms with E-state index in [4.69, 9.17) is 0 Å². The topological polar surface area (TPSA) is 69.7 Å². The number of carbonyl (C=O) groups excluding carboxylic acids is 3. The van der Waals surface area contributed by atoms with Gasteiger partial charge >= 0.3 is 0 Å². The Labute approximate surface area is 180 Å². The fraction of sp³-hybridized carbons (Fsp3) is 0.625. The van der Waals surface area contributed by atoms with Crippen LogP contribution in [0.5, 0.6) is 0 Å². The third-order valence-electron chi connectivity index (χ3n) is 6.14. The smallest absolute Gasteiger partial charge is 0.227 e. The summed E-state index contributed by atoms with van der Waals surface area (Å²) in [5, 5.41) is 2.99. The zero-order chi connectivity index (χ0) is 21.7. The number of hydrogen-bond acceptors (Lipinski definition) is 3. The maximum Gasteiger partial charge on any atom is 0.227 e. The Hall–Kier alpha value is -2.37. The number of nitrogens with zero attached hydrogens (tertiary/aromatic N) is 2. The first-order chi connectivity index (χ1) is 14.3. The fourth-order valence-corrected chi connectivity index (χ4v) is 4.28. The van der Waals surface area contributed by atoms with Crippen molar-refractivity contribution >= 4 is 17.7 Å². The predicted molar refractivity (Wildman–Crippen MR) is 117 cm³/mol. The Bertz CT molecular complexity index is 776. The lowest BCUT2D eigenvalue weighted by molar-refractivity contribution is -0.142. The number of fused-ring (bicyclic) bond motifs is 1. The van der Waals surface area contributed by atoms with E-state index in [1.54, 1.807) is 0 Å². The summed E-state index contributed by atoms with van der Waals surface area (Å²) in [5.74, 6) is 0.327. The third kappa shape index (κ3) is 5.61. The first-order valence-corrected chi connectivity index (χ1v) is 11.2. The summed E-state index contributed by atoms with van der Waals surface area (Å²) in [7, 11) is 0. The van der Waals surface area contributed by atoms with Crippen molar-refractivity contribution in [2.45, 2.75) is 59.4 Å². The van der Waals surface area contributed by atoms with Crippen LogP contribution in [0.3, 0.4) is 0 Å². The number of rotatable bonds is 5. The molecule has 3 amide bonds. The molecule has 164 valence electrons. The van der Waals surface area contributed by atoms with E-state index >= 15 is 0 Å². The molecule has 2 aliphatic rings. The molecule has 3 rings (SSSR count). The SMILES string of the molecule is CC(C)(C)C(=O)N1CCC(C(=O)NCCCC(=O)N2CCc3ccccc3C2)CC1. The molecule has 0 saturated carbocycles. The van der Waals surface area contributed by atoms with Gasteiger partial charge in [-0.1, -0.05) is 45.0 Å². The fourth-order valence-electron chi connectivity index (χ4n) is 4.28. The molecule has 2 heterocycles. The highest BCUT2D eigenvalue weighted by Crippen LogP contribution is 2.24. The molecular weight excluding hydrogens is 378 g/mol. The highest BCUT2D eigenvalue weighted by Gasteiger charge is 2.32. The van der Waals surface area contributed by atoms with Gasteiger partial charge in [0.1, 0.15) is 0 Å². The Kier molecular flexibility index (Phi) is 7.16. The number of nitrogens with one attached hydrogen (secondary N) is 1. The van der Waals surface area contributed by atoms with Crippen LogP contribution in [-0.4, -0.2) is 53.7 Å².